The molecule has 3 aromatic heterocycles. The summed E-state index contributed by atoms with van der Waals surface area (Å²) in [5.74, 6) is 0.117. The number of hydrogen-bond donors (Lipinski definition) is 0. The number of alkyl halides is 3. The number of hydrogen-bond acceptors (Lipinski definition) is 5. The zero-order valence-corrected chi connectivity index (χ0v) is 11.3. The number of pyridine rings is 1. The van der Waals surface area contributed by atoms with Crippen molar-refractivity contribution in [3.8, 4) is 11.5 Å². The Balaban J connectivity index is 2.09. The predicted octanol–water partition coefficient (Wildman–Crippen LogP) is 2.67. The lowest BCUT2D eigenvalue weighted by Gasteiger charge is -2.07. The van der Waals surface area contributed by atoms with Crippen LogP contribution in [0.1, 0.15) is 16.1 Å². The van der Waals surface area contributed by atoms with Gasteiger partial charge in [0.2, 0.25) is 5.82 Å². The first-order chi connectivity index (χ1) is 10.4. The molecule has 10 heteroatoms. The van der Waals surface area contributed by atoms with Gasteiger partial charge < -0.3 is 0 Å². The third kappa shape index (κ3) is 2.50. The minimum atomic E-state index is -4.54. The second kappa shape index (κ2) is 5.02. The number of nitrogens with zero attached hydrogens (tertiary/aromatic N) is 5. The van der Waals surface area contributed by atoms with E-state index < -0.39 is 11.7 Å². The standard InChI is InChI=1S/C12H5ClF3N5O/c13-8-3-6(12(14,15)16)4-17-9(8)10-19-11-18-7(5-22)1-2-21(11)20-10/h1-5H. The van der Waals surface area contributed by atoms with Crippen LogP contribution in [0, 0.1) is 0 Å². The molecule has 0 aromatic carbocycles. The van der Waals surface area contributed by atoms with Gasteiger partial charge in [0.25, 0.3) is 5.78 Å². The van der Waals surface area contributed by atoms with Gasteiger partial charge in [-0.15, -0.1) is 5.10 Å². The SMILES string of the molecule is O=Cc1ccn2nc(-c3ncc(C(F)(F)F)cc3Cl)nc2n1. The van der Waals surface area contributed by atoms with Crippen molar-refractivity contribution in [1.29, 1.82) is 0 Å². The molecule has 0 saturated heterocycles. The Kier molecular flexibility index (Phi) is 3.28. The van der Waals surface area contributed by atoms with Gasteiger partial charge in [0.15, 0.2) is 6.29 Å². The van der Waals surface area contributed by atoms with E-state index in [4.69, 9.17) is 11.6 Å². The average Bonchev–Trinajstić information content (AvgIpc) is 2.88. The Hall–Kier alpha value is -2.55. The van der Waals surface area contributed by atoms with Gasteiger partial charge in [0.05, 0.1) is 10.6 Å². The topological polar surface area (TPSA) is 73.0 Å². The smallest absolute Gasteiger partial charge is 0.296 e. The van der Waals surface area contributed by atoms with Gasteiger partial charge in [-0.05, 0) is 12.1 Å². The van der Waals surface area contributed by atoms with Gasteiger partial charge in [-0.25, -0.2) is 9.50 Å². The molecule has 6 nitrogen and oxygen atoms in total. The molecule has 0 spiro atoms. The molecule has 0 amide bonds. The number of carbonyl (C=O) groups excluding carboxylic acids is 1. The highest BCUT2D eigenvalue weighted by atomic mass is 35.5. The molecule has 0 aliphatic rings. The first-order valence-electron chi connectivity index (χ1n) is 5.80. The van der Waals surface area contributed by atoms with Gasteiger partial charge in [-0.2, -0.15) is 18.2 Å². The summed E-state index contributed by atoms with van der Waals surface area (Å²) in [4.78, 5) is 22.2. The summed E-state index contributed by atoms with van der Waals surface area (Å²) >= 11 is 5.83. The van der Waals surface area contributed by atoms with Gasteiger partial charge in [-0.3, -0.25) is 9.78 Å². The molecule has 3 aromatic rings. The largest absolute Gasteiger partial charge is 0.417 e. The van der Waals surface area contributed by atoms with Crippen LogP contribution in [0.25, 0.3) is 17.3 Å². The molecule has 0 fully saturated rings. The van der Waals surface area contributed by atoms with E-state index >= 15 is 0 Å². The van der Waals surface area contributed by atoms with Gasteiger partial charge in [0, 0.05) is 12.4 Å². The quantitative estimate of drug-likeness (QED) is 0.677. The monoisotopic (exact) mass is 327 g/mol. The lowest BCUT2D eigenvalue weighted by Crippen LogP contribution is -2.06. The molecular formula is C12H5ClF3N5O. The van der Waals surface area contributed by atoms with Crippen molar-refractivity contribution in [1.82, 2.24) is 24.6 Å². The van der Waals surface area contributed by atoms with Crippen molar-refractivity contribution in [2.24, 2.45) is 0 Å². The van der Waals surface area contributed by atoms with Gasteiger partial charge >= 0.3 is 6.18 Å². The predicted molar refractivity (Wildman–Crippen MR) is 69.4 cm³/mol. The summed E-state index contributed by atoms with van der Waals surface area (Å²) < 4.78 is 39.0. The van der Waals surface area contributed by atoms with E-state index in [1.165, 1.54) is 16.8 Å². The molecular weight excluding hydrogens is 323 g/mol. The summed E-state index contributed by atoms with van der Waals surface area (Å²) in [6, 6.07) is 2.17. The fraction of sp³-hybridized carbons (Fsp3) is 0.0833. The van der Waals surface area contributed by atoms with E-state index in [9.17, 15) is 18.0 Å². The third-order valence-electron chi connectivity index (χ3n) is 2.73. The van der Waals surface area contributed by atoms with Crippen LogP contribution >= 0.6 is 11.6 Å². The number of halogens is 4. The molecule has 0 bridgehead atoms. The normalized spacial score (nSPS) is 11.8. The molecule has 22 heavy (non-hydrogen) atoms. The first kappa shape index (κ1) is 14.4. The lowest BCUT2D eigenvalue weighted by atomic mass is 10.2. The highest BCUT2D eigenvalue weighted by Gasteiger charge is 2.32. The number of fused-ring (bicyclic) bond motifs is 1. The second-order valence-electron chi connectivity index (χ2n) is 4.20. The van der Waals surface area contributed by atoms with Crippen molar-refractivity contribution in [3.05, 3.63) is 40.8 Å². The third-order valence-corrected chi connectivity index (χ3v) is 3.02. The van der Waals surface area contributed by atoms with Crippen molar-refractivity contribution >= 4 is 23.7 Å². The minimum Gasteiger partial charge on any atom is -0.296 e. The molecule has 0 N–H and O–H groups in total. The molecule has 0 unspecified atom stereocenters. The summed E-state index contributed by atoms with van der Waals surface area (Å²) in [5, 5.41) is 3.78. The van der Waals surface area contributed by atoms with Gasteiger partial charge in [-0.1, -0.05) is 11.6 Å². The highest BCUT2D eigenvalue weighted by Crippen LogP contribution is 2.33. The molecule has 0 radical (unpaired) electrons. The summed E-state index contributed by atoms with van der Waals surface area (Å²) in [7, 11) is 0. The van der Waals surface area contributed by atoms with Crippen LogP contribution in [0.15, 0.2) is 24.5 Å². The van der Waals surface area contributed by atoms with Crippen LogP contribution in [-0.2, 0) is 6.18 Å². The van der Waals surface area contributed by atoms with Crippen LogP contribution in [-0.4, -0.2) is 30.9 Å². The van der Waals surface area contributed by atoms with Crippen molar-refractivity contribution in [2.45, 2.75) is 6.18 Å². The maximum absolute atomic E-state index is 12.6. The number of aldehydes is 1. The molecule has 0 saturated carbocycles. The van der Waals surface area contributed by atoms with Crippen molar-refractivity contribution in [3.63, 3.8) is 0 Å². The highest BCUT2D eigenvalue weighted by molar-refractivity contribution is 6.32. The van der Waals surface area contributed by atoms with Crippen LogP contribution in [0.2, 0.25) is 5.02 Å². The van der Waals surface area contributed by atoms with E-state index in [-0.39, 0.29) is 28.0 Å². The maximum atomic E-state index is 12.6. The van der Waals surface area contributed by atoms with Crippen LogP contribution < -0.4 is 0 Å². The van der Waals surface area contributed by atoms with E-state index in [0.717, 1.165) is 6.07 Å². The Morgan fingerprint density at radius 2 is 2.05 bits per heavy atom. The van der Waals surface area contributed by atoms with Crippen LogP contribution in [0.3, 0.4) is 0 Å². The zero-order valence-electron chi connectivity index (χ0n) is 10.5. The summed E-state index contributed by atoms with van der Waals surface area (Å²) in [5.41, 5.74) is -0.822. The Labute approximate surface area is 125 Å². The van der Waals surface area contributed by atoms with E-state index in [1.807, 2.05) is 0 Å². The average molecular weight is 328 g/mol. The molecule has 3 rings (SSSR count). The van der Waals surface area contributed by atoms with Crippen molar-refractivity contribution < 1.29 is 18.0 Å². The molecule has 3 heterocycles. The number of aromatic nitrogens is 5. The molecule has 112 valence electrons. The Morgan fingerprint density at radius 3 is 2.68 bits per heavy atom. The molecule has 0 aliphatic carbocycles. The zero-order chi connectivity index (χ0) is 15.9. The molecule has 0 atom stereocenters. The van der Waals surface area contributed by atoms with Gasteiger partial charge in [0.1, 0.15) is 11.4 Å². The number of carbonyl (C=O) groups is 1. The Bertz CT molecular complexity index is 877. The molecule has 0 aliphatic heterocycles. The number of rotatable bonds is 2. The fourth-order valence-electron chi connectivity index (χ4n) is 1.71. The second-order valence-corrected chi connectivity index (χ2v) is 4.61. The summed E-state index contributed by atoms with van der Waals surface area (Å²) in [6.45, 7) is 0. The lowest BCUT2D eigenvalue weighted by molar-refractivity contribution is -0.137. The van der Waals surface area contributed by atoms with Crippen molar-refractivity contribution in [2.75, 3.05) is 0 Å². The van der Waals surface area contributed by atoms with E-state index in [2.05, 4.69) is 20.1 Å². The van der Waals surface area contributed by atoms with Crippen LogP contribution in [0.5, 0.6) is 0 Å². The summed E-state index contributed by atoms with van der Waals surface area (Å²) in [6.07, 6.45) is -1.91. The first-order valence-corrected chi connectivity index (χ1v) is 6.18. The minimum absolute atomic E-state index is 0.00665. The fourth-order valence-corrected chi connectivity index (χ4v) is 1.97. The van der Waals surface area contributed by atoms with E-state index in [0.29, 0.717) is 12.5 Å². The Morgan fingerprint density at radius 1 is 1.27 bits per heavy atom. The van der Waals surface area contributed by atoms with Crippen LogP contribution in [0.4, 0.5) is 13.2 Å². The maximum Gasteiger partial charge on any atom is 0.417 e. The van der Waals surface area contributed by atoms with E-state index in [1.54, 1.807) is 0 Å².